The van der Waals surface area contributed by atoms with E-state index < -0.39 is 0 Å². The Morgan fingerprint density at radius 3 is 2.89 bits per heavy atom. The molecule has 4 nitrogen and oxygen atoms in total. The molecule has 0 spiro atoms. The molecule has 1 fully saturated rings. The lowest BCUT2D eigenvalue weighted by atomic mass is 9.99. The van der Waals surface area contributed by atoms with Crippen LogP contribution in [0.15, 0.2) is 30.3 Å². The highest BCUT2D eigenvalue weighted by molar-refractivity contribution is 5.78. The van der Waals surface area contributed by atoms with Crippen molar-refractivity contribution in [2.24, 2.45) is 5.92 Å². The van der Waals surface area contributed by atoms with E-state index in [1.807, 2.05) is 30.3 Å². The number of benzene rings is 1. The molecule has 0 aromatic heterocycles. The molecular formula is C15H21NO3. The summed E-state index contributed by atoms with van der Waals surface area (Å²) in [6.07, 6.45) is 1.10. The summed E-state index contributed by atoms with van der Waals surface area (Å²) in [7, 11) is 1.43. The molecule has 1 aliphatic rings. The van der Waals surface area contributed by atoms with E-state index in [4.69, 9.17) is 9.47 Å². The van der Waals surface area contributed by atoms with Crippen molar-refractivity contribution in [3.63, 3.8) is 0 Å². The predicted molar refractivity (Wildman–Crippen MR) is 73.0 cm³/mol. The number of methoxy groups -OCH3 is 1. The van der Waals surface area contributed by atoms with Gasteiger partial charge in [-0.1, -0.05) is 30.3 Å². The van der Waals surface area contributed by atoms with E-state index in [-0.39, 0.29) is 11.9 Å². The Labute approximate surface area is 114 Å². The average Bonchev–Trinajstić information content (AvgIpc) is 2.97. The molecule has 0 amide bonds. The summed E-state index contributed by atoms with van der Waals surface area (Å²) >= 11 is 0. The largest absolute Gasteiger partial charge is 0.469 e. The fourth-order valence-electron chi connectivity index (χ4n) is 2.34. The second-order valence-electron chi connectivity index (χ2n) is 4.87. The number of nitrogens with one attached hydrogen (secondary N) is 1. The summed E-state index contributed by atoms with van der Waals surface area (Å²) in [5.41, 5.74) is 0.990. The van der Waals surface area contributed by atoms with Gasteiger partial charge in [0, 0.05) is 19.7 Å². The summed E-state index contributed by atoms with van der Waals surface area (Å²) in [4.78, 5) is 11.9. The van der Waals surface area contributed by atoms with Crippen LogP contribution in [0.3, 0.4) is 0 Å². The molecule has 0 aliphatic carbocycles. The lowest BCUT2D eigenvalue weighted by molar-refractivity contribution is -0.142. The molecule has 0 saturated carbocycles. The van der Waals surface area contributed by atoms with Gasteiger partial charge in [-0.3, -0.25) is 4.79 Å². The first-order valence-electron chi connectivity index (χ1n) is 6.72. The van der Waals surface area contributed by atoms with E-state index in [9.17, 15) is 4.79 Å². The first-order valence-corrected chi connectivity index (χ1v) is 6.72. The summed E-state index contributed by atoms with van der Waals surface area (Å²) in [5, 5.41) is 3.36. The molecule has 2 rings (SSSR count). The van der Waals surface area contributed by atoms with Crippen LogP contribution in [0.5, 0.6) is 0 Å². The summed E-state index contributed by atoms with van der Waals surface area (Å²) in [6, 6.07) is 9.75. The Morgan fingerprint density at radius 2 is 2.26 bits per heavy atom. The van der Waals surface area contributed by atoms with Gasteiger partial charge in [-0.15, -0.1) is 0 Å². The Kier molecular flexibility index (Phi) is 5.36. The molecule has 4 heteroatoms. The molecule has 2 atom stereocenters. The number of hydrogen-bond donors (Lipinski definition) is 1. The maximum absolute atomic E-state index is 11.9. The molecule has 1 N–H and O–H groups in total. The van der Waals surface area contributed by atoms with Crippen LogP contribution in [0.25, 0.3) is 0 Å². The van der Waals surface area contributed by atoms with E-state index in [1.165, 1.54) is 7.11 Å². The third-order valence-electron chi connectivity index (χ3n) is 3.49. The zero-order valence-corrected chi connectivity index (χ0v) is 11.3. The van der Waals surface area contributed by atoms with Gasteiger partial charge < -0.3 is 14.8 Å². The molecule has 1 aromatic carbocycles. The fraction of sp³-hybridized carbons (Fsp3) is 0.533. The second kappa shape index (κ2) is 7.26. The molecule has 0 radical (unpaired) electrons. The maximum atomic E-state index is 11.9. The van der Waals surface area contributed by atoms with Gasteiger partial charge in [0.25, 0.3) is 0 Å². The average molecular weight is 263 g/mol. The summed E-state index contributed by atoms with van der Waals surface area (Å²) in [6.45, 7) is 3.17. The zero-order valence-electron chi connectivity index (χ0n) is 11.3. The highest BCUT2D eigenvalue weighted by atomic mass is 16.5. The molecule has 0 bridgehead atoms. The van der Waals surface area contributed by atoms with Crippen LogP contribution in [-0.4, -0.2) is 39.4 Å². The minimum atomic E-state index is -0.242. The number of carbonyl (C=O) groups excluding carboxylic acids is 1. The van der Waals surface area contributed by atoms with Crippen LogP contribution >= 0.6 is 0 Å². The summed E-state index contributed by atoms with van der Waals surface area (Å²) in [5.74, 6) is 0.129. The zero-order chi connectivity index (χ0) is 13.5. The molecule has 2 unspecified atom stereocenters. The highest BCUT2D eigenvalue weighted by Crippen LogP contribution is 2.17. The quantitative estimate of drug-likeness (QED) is 0.791. The predicted octanol–water partition coefficient (Wildman–Crippen LogP) is 1.57. The lowest BCUT2D eigenvalue weighted by Crippen LogP contribution is -2.31. The molecule has 1 aromatic rings. The number of hydrogen-bond acceptors (Lipinski definition) is 4. The minimum Gasteiger partial charge on any atom is -0.469 e. The number of rotatable bonds is 6. The molecule has 1 aliphatic heterocycles. The first-order chi connectivity index (χ1) is 9.31. The molecular weight excluding hydrogens is 242 g/mol. The van der Waals surface area contributed by atoms with Crippen molar-refractivity contribution in [2.45, 2.75) is 12.3 Å². The van der Waals surface area contributed by atoms with Crippen LogP contribution < -0.4 is 5.32 Å². The monoisotopic (exact) mass is 263 g/mol. The van der Waals surface area contributed by atoms with Crippen molar-refractivity contribution in [1.29, 1.82) is 0 Å². The smallest absolute Gasteiger partial charge is 0.314 e. The van der Waals surface area contributed by atoms with Crippen molar-refractivity contribution < 1.29 is 14.3 Å². The second-order valence-corrected chi connectivity index (χ2v) is 4.87. The van der Waals surface area contributed by atoms with Crippen molar-refractivity contribution in [2.75, 3.05) is 33.4 Å². The van der Waals surface area contributed by atoms with Crippen LogP contribution in [0.1, 0.15) is 17.9 Å². The van der Waals surface area contributed by atoms with Gasteiger partial charge in [-0.25, -0.2) is 0 Å². The Balaban J connectivity index is 1.89. The van der Waals surface area contributed by atoms with Gasteiger partial charge in [0.05, 0.1) is 19.6 Å². The summed E-state index contributed by atoms with van der Waals surface area (Å²) < 4.78 is 10.2. The lowest BCUT2D eigenvalue weighted by Gasteiger charge is -2.17. The van der Waals surface area contributed by atoms with Crippen LogP contribution in [0.2, 0.25) is 0 Å². The highest BCUT2D eigenvalue weighted by Gasteiger charge is 2.22. The Morgan fingerprint density at radius 1 is 1.47 bits per heavy atom. The van der Waals surface area contributed by atoms with Crippen molar-refractivity contribution in [1.82, 2.24) is 5.32 Å². The standard InChI is InChI=1S/C15H21NO3/c1-18-15(17)14(13-5-3-2-4-6-13)10-16-9-12-7-8-19-11-12/h2-6,12,14,16H,7-11H2,1H3. The minimum absolute atomic E-state index is 0.193. The fourth-order valence-corrected chi connectivity index (χ4v) is 2.34. The Hall–Kier alpha value is -1.39. The van der Waals surface area contributed by atoms with Crippen LogP contribution in [0, 0.1) is 5.92 Å². The van der Waals surface area contributed by atoms with Crippen molar-refractivity contribution >= 4 is 5.97 Å². The van der Waals surface area contributed by atoms with E-state index in [1.54, 1.807) is 0 Å². The van der Waals surface area contributed by atoms with Gasteiger partial charge in [-0.05, 0) is 17.9 Å². The van der Waals surface area contributed by atoms with Crippen molar-refractivity contribution in [3.05, 3.63) is 35.9 Å². The van der Waals surface area contributed by atoms with E-state index in [0.717, 1.165) is 31.7 Å². The van der Waals surface area contributed by atoms with E-state index in [0.29, 0.717) is 12.5 Å². The van der Waals surface area contributed by atoms with Gasteiger partial charge in [-0.2, -0.15) is 0 Å². The third kappa shape index (κ3) is 4.04. The molecule has 104 valence electrons. The van der Waals surface area contributed by atoms with Gasteiger partial charge in [0.2, 0.25) is 0 Å². The van der Waals surface area contributed by atoms with Crippen LogP contribution in [-0.2, 0) is 14.3 Å². The number of esters is 1. The van der Waals surface area contributed by atoms with Gasteiger partial charge >= 0.3 is 5.97 Å². The molecule has 19 heavy (non-hydrogen) atoms. The molecule has 1 heterocycles. The van der Waals surface area contributed by atoms with Crippen LogP contribution in [0.4, 0.5) is 0 Å². The van der Waals surface area contributed by atoms with Gasteiger partial charge in [0.1, 0.15) is 0 Å². The third-order valence-corrected chi connectivity index (χ3v) is 3.49. The Bertz CT molecular complexity index is 388. The first kappa shape index (κ1) is 14.0. The SMILES string of the molecule is COC(=O)C(CNCC1CCOC1)c1ccccc1. The number of ether oxygens (including phenoxy) is 2. The topological polar surface area (TPSA) is 47.6 Å². The molecule has 1 saturated heterocycles. The van der Waals surface area contributed by atoms with E-state index in [2.05, 4.69) is 5.32 Å². The van der Waals surface area contributed by atoms with Gasteiger partial charge in [0.15, 0.2) is 0 Å². The van der Waals surface area contributed by atoms with E-state index >= 15 is 0 Å². The maximum Gasteiger partial charge on any atom is 0.314 e. The van der Waals surface area contributed by atoms with Crippen molar-refractivity contribution in [3.8, 4) is 0 Å². The number of carbonyl (C=O) groups is 1. The normalized spacial score (nSPS) is 20.2.